The van der Waals surface area contributed by atoms with Gasteiger partial charge >= 0.3 is 0 Å². The average molecular weight is 255 g/mol. The van der Waals surface area contributed by atoms with Crippen molar-refractivity contribution >= 4 is 5.69 Å². The maximum Gasteiger partial charge on any atom is 0.0924 e. The summed E-state index contributed by atoms with van der Waals surface area (Å²) in [4.78, 5) is 7.18. The van der Waals surface area contributed by atoms with E-state index in [1.165, 1.54) is 36.9 Å². The van der Waals surface area contributed by atoms with Crippen molar-refractivity contribution in [1.82, 2.24) is 9.97 Å². The number of hydrogen-bond acceptors (Lipinski definition) is 2. The quantitative estimate of drug-likeness (QED) is 0.868. The van der Waals surface area contributed by atoms with Crippen molar-refractivity contribution < 1.29 is 0 Å². The summed E-state index contributed by atoms with van der Waals surface area (Å²) in [7, 11) is 0. The second-order valence-electron chi connectivity index (χ2n) is 5.66. The van der Waals surface area contributed by atoms with Crippen molar-refractivity contribution in [1.29, 1.82) is 0 Å². The number of nitrogens with zero attached hydrogens (tertiary/aromatic N) is 1. The van der Waals surface area contributed by atoms with Crippen LogP contribution in [0.3, 0.4) is 0 Å². The van der Waals surface area contributed by atoms with Crippen molar-refractivity contribution in [3.63, 3.8) is 0 Å². The lowest BCUT2D eigenvalue weighted by atomic mass is 9.87. The van der Waals surface area contributed by atoms with E-state index in [-0.39, 0.29) is 0 Å². The van der Waals surface area contributed by atoms with Gasteiger partial charge in [0.15, 0.2) is 0 Å². The van der Waals surface area contributed by atoms with E-state index in [2.05, 4.69) is 46.5 Å². The molecule has 1 aromatic carbocycles. The molecule has 0 saturated heterocycles. The molecule has 0 radical (unpaired) electrons. The molecule has 3 nitrogen and oxygen atoms in total. The van der Waals surface area contributed by atoms with Crippen LogP contribution in [0.5, 0.6) is 0 Å². The maximum absolute atomic E-state index is 4.05. The van der Waals surface area contributed by atoms with Gasteiger partial charge in [-0.05, 0) is 36.5 Å². The molecule has 0 aliphatic heterocycles. The lowest BCUT2D eigenvalue weighted by Gasteiger charge is -2.28. The Morgan fingerprint density at radius 3 is 2.74 bits per heavy atom. The molecular weight excluding hydrogens is 234 g/mol. The highest BCUT2D eigenvalue weighted by Gasteiger charge is 2.18. The Hall–Kier alpha value is -1.77. The summed E-state index contributed by atoms with van der Waals surface area (Å²) in [6.07, 6.45) is 8.90. The summed E-state index contributed by atoms with van der Waals surface area (Å²) >= 11 is 0. The SMILES string of the molecule is CC1CCCC(Nc2ccc(-c3cnc[nH]3)cc2)C1. The molecular formula is C16H21N3. The van der Waals surface area contributed by atoms with E-state index in [1.807, 2.05) is 6.20 Å². The number of hydrogen-bond donors (Lipinski definition) is 2. The second kappa shape index (κ2) is 5.47. The lowest BCUT2D eigenvalue weighted by molar-refractivity contribution is 0.358. The van der Waals surface area contributed by atoms with E-state index in [0.717, 1.165) is 11.6 Å². The van der Waals surface area contributed by atoms with E-state index < -0.39 is 0 Å². The molecule has 3 heteroatoms. The second-order valence-corrected chi connectivity index (χ2v) is 5.66. The van der Waals surface area contributed by atoms with Gasteiger partial charge in [0.2, 0.25) is 0 Å². The molecule has 2 atom stereocenters. The van der Waals surface area contributed by atoms with Gasteiger partial charge in [0.1, 0.15) is 0 Å². The summed E-state index contributed by atoms with van der Waals surface area (Å²) in [6.45, 7) is 2.36. The lowest BCUT2D eigenvalue weighted by Crippen LogP contribution is -2.26. The van der Waals surface area contributed by atoms with E-state index in [9.17, 15) is 0 Å². The first-order valence-corrected chi connectivity index (χ1v) is 7.16. The van der Waals surface area contributed by atoms with Gasteiger partial charge in [-0.1, -0.05) is 31.9 Å². The molecule has 0 spiro atoms. The smallest absolute Gasteiger partial charge is 0.0924 e. The van der Waals surface area contributed by atoms with Crippen LogP contribution in [0.1, 0.15) is 32.6 Å². The Morgan fingerprint density at radius 1 is 1.21 bits per heavy atom. The predicted octanol–water partition coefficient (Wildman–Crippen LogP) is 4.07. The van der Waals surface area contributed by atoms with Gasteiger partial charge in [0, 0.05) is 11.7 Å². The molecule has 2 unspecified atom stereocenters. The Labute approximate surface area is 114 Å². The molecule has 0 bridgehead atoms. The van der Waals surface area contributed by atoms with Gasteiger partial charge < -0.3 is 10.3 Å². The molecule has 1 fully saturated rings. The standard InChI is InChI=1S/C16H21N3/c1-12-3-2-4-15(9-12)19-14-7-5-13(6-8-14)16-10-17-11-18-16/h5-8,10-12,15,19H,2-4,9H2,1H3,(H,17,18). The Balaban J connectivity index is 1.66. The van der Waals surface area contributed by atoms with Crippen LogP contribution >= 0.6 is 0 Å². The van der Waals surface area contributed by atoms with Crippen LogP contribution in [-0.2, 0) is 0 Å². The summed E-state index contributed by atoms with van der Waals surface area (Å²) in [5, 5.41) is 3.66. The fraction of sp³-hybridized carbons (Fsp3) is 0.438. The normalized spacial score (nSPS) is 23.2. The number of nitrogens with one attached hydrogen (secondary N) is 2. The van der Waals surface area contributed by atoms with E-state index in [1.54, 1.807) is 6.33 Å². The number of benzene rings is 1. The fourth-order valence-electron chi connectivity index (χ4n) is 2.96. The number of H-pyrrole nitrogens is 1. The molecule has 1 heterocycles. The van der Waals surface area contributed by atoms with Crippen molar-refractivity contribution in [2.24, 2.45) is 5.92 Å². The van der Waals surface area contributed by atoms with E-state index in [4.69, 9.17) is 0 Å². The maximum atomic E-state index is 4.05. The predicted molar refractivity (Wildman–Crippen MR) is 79.1 cm³/mol. The summed E-state index contributed by atoms with van der Waals surface area (Å²) < 4.78 is 0. The first kappa shape index (κ1) is 12.3. The monoisotopic (exact) mass is 255 g/mol. The van der Waals surface area contributed by atoms with Crippen molar-refractivity contribution in [3.8, 4) is 11.3 Å². The Bertz CT molecular complexity index is 501. The Morgan fingerprint density at radius 2 is 2.05 bits per heavy atom. The van der Waals surface area contributed by atoms with Gasteiger partial charge in [-0.2, -0.15) is 0 Å². The minimum Gasteiger partial charge on any atom is -0.382 e. The minimum absolute atomic E-state index is 0.641. The summed E-state index contributed by atoms with van der Waals surface area (Å²) in [5.74, 6) is 0.857. The van der Waals surface area contributed by atoms with Crippen LogP contribution in [0.4, 0.5) is 5.69 Å². The molecule has 3 rings (SSSR count). The zero-order chi connectivity index (χ0) is 13.1. The molecule has 2 aromatic rings. The van der Waals surface area contributed by atoms with Crippen LogP contribution in [0.15, 0.2) is 36.8 Å². The van der Waals surface area contributed by atoms with E-state index >= 15 is 0 Å². The Kier molecular flexibility index (Phi) is 3.53. The van der Waals surface area contributed by atoms with Crippen LogP contribution in [0.2, 0.25) is 0 Å². The molecule has 1 aromatic heterocycles. The fourth-order valence-corrected chi connectivity index (χ4v) is 2.96. The third kappa shape index (κ3) is 2.98. The third-order valence-corrected chi connectivity index (χ3v) is 4.00. The average Bonchev–Trinajstić information content (AvgIpc) is 2.94. The summed E-state index contributed by atoms with van der Waals surface area (Å²) in [5.41, 5.74) is 3.47. The first-order chi connectivity index (χ1) is 9.31. The number of anilines is 1. The number of rotatable bonds is 3. The molecule has 1 aliphatic rings. The van der Waals surface area contributed by atoms with E-state index in [0.29, 0.717) is 6.04 Å². The van der Waals surface area contributed by atoms with Crippen LogP contribution in [0, 0.1) is 5.92 Å². The van der Waals surface area contributed by atoms with Crippen LogP contribution in [0.25, 0.3) is 11.3 Å². The molecule has 19 heavy (non-hydrogen) atoms. The van der Waals surface area contributed by atoms with Gasteiger partial charge in [0.25, 0.3) is 0 Å². The molecule has 0 amide bonds. The van der Waals surface area contributed by atoms with Crippen molar-refractivity contribution in [2.75, 3.05) is 5.32 Å². The van der Waals surface area contributed by atoms with Gasteiger partial charge in [-0.15, -0.1) is 0 Å². The molecule has 1 aliphatic carbocycles. The number of aromatic nitrogens is 2. The number of imidazole rings is 1. The highest BCUT2D eigenvalue weighted by Crippen LogP contribution is 2.27. The topological polar surface area (TPSA) is 40.7 Å². The third-order valence-electron chi connectivity index (χ3n) is 4.00. The number of aromatic amines is 1. The molecule has 1 saturated carbocycles. The van der Waals surface area contributed by atoms with Gasteiger partial charge in [-0.3, -0.25) is 0 Å². The largest absolute Gasteiger partial charge is 0.382 e. The molecule has 2 N–H and O–H groups in total. The minimum atomic E-state index is 0.641. The zero-order valence-corrected chi connectivity index (χ0v) is 11.4. The zero-order valence-electron chi connectivity index (χ0n) is 11.4. The summed E-state index contributed by atoms with van der Waals surface area (Å²) in [6, 6.07) is 9.25. The first-order valence-electron chi connectivity index (χ1n) is 7.16. The van der Waals surface area contributed by atoms with Crippen molar-refractivity contribution in [3.05, 3.63) is 36.8 Å². The highest BCUT2D eigenvalue weighted by atomic mass is 14.9. The van der Waals surface area contributed by atoms with Crippen molar-refractivity contribution in [2.45, 2.75) is 38.6 Å². The highest BCUT2D eigenvalue weighted by molar-refractivity contribution is 5.62. The van der Waals surface area contributed by atoms with Crippen LogP contribution in [-0.4, -0.2) is 16.0 Å². The van der Waals surface area contributed by atoms with Gasteiger partial charge in [0.05, 0.1) is 18.2 Å². The van der Waals surface area contributed by atoms with Crippen LogP contribution < -0.4 is 5.32 Å². The molecule has 100 valence electrons. The van der Waals surface area contributed by atoms with Gasteiger partial charge in [-0.25, -0.2) is 4.98 Å².